The van der Waals surface area contributed by atoms with Gasteiger partial charge in [-0.25, -0.2) is 4.98 Å². The Morgan fingerprint density at radius 2 is 1.94 bits per heavy atom. The molecule has 1 aromatic carbocycles. The molecule has 0 aliphatic carbocycles. The fourth-order valence-electron chi connectivity index (χ4n) is 1.68. The number of para-hydroxylation sites is 1. The number of benzene rings is 1. The van der Waals surface area contributed by atoms with E-state index in [4.69, 9.17) is 11.6 Å². The van der Waals surface area contributed by atoms with Gasteiger partial charge in [-0.3, -0.25) is 0 Å². The fraction of sp³-hybridized carbons (Fsp3) is 0. The molecule has 16 heavy (non-hydrogen) atoms. The smallest absolute Gasteiger partial charge is 0.0824 e. The highest BCUT2D eigenvalue weighted by Crippen LogP contribution is 2.29. The molecule has 2 aromatic heterocycles. The molecule has 0 N–H and O–H groups in total. The van der Waals surface area contributed by atoms with Crippen molar-refractivity contribution in [3.05, 3.63) is 52.9 Å². The minimum Gasteiger partial charge on any atom is -0.247 e. The first-order valence-corrected chi connectivity index (χ1v) is 6.19. The minimum atomic E-state index is 0.758. The molecule has 0 fully saturated rings. The number of halogens is 1. The molecule has 0 saturated carbocycles. The van der Waals surface area contributed by atoms with Crippen LogP contribution >= 0.6 is 22.9 Å². The van der Waals surface area contributed by atoms with Crippen LogP contribution in [-0.2, 0) is 0 Å². The van der Waals surface area contributed by atoms with Crippen molar-refractivity contribution in [1.29, 1.82) is 0 Å². The van der Waals surface area contributed by atoms with E-state index in [1.807, 2.05) is 41.8 Å². The van der Waals surface area contributed by atoms with Gasteiger partial charge < -0.3 is 0 Å². The molecular formula is C13H8ClNS. The lowest BCUT2D eigenvalue weighted by Gasteiger charge is -2.03. The van der Waals surface area contributed by atoms with Gasteiger partial charge in [-0.2, -0.15) is 0 Å². The maximum Gasteiger partial charge on any atom is 0.0824 e. The quantitative estimate of drug-likeness (QED) is 0.610. The van der Waals surface area contributed by atoms with Gasteiger partial charge in [0.25, 0.3) is 0 Å². The molecule has 3 rings (SSSR count). The molecule has 0 aliphatic rings. The second-order valence-corrected chi connectivity index (χ2v) is 4.84. The molecule has 3 heteroatoms. The average molecular weight is 246 g/mol. The number of aromatic nitrogens is 1. The largest absolute Gasteiger partial charge is 0.247 e. The van der Waals surface area contributed by atoms with Crippen LogP contribution in [0.1, 0.15) is 0 Å². The zero-order chi connectivity index (χ0) is 11.0. The summed E-state index contributed by atoms with van der Waals surface area (Å²) in [6, 6.07) is 13.9. The van der Waals surface area contributed by atoms with E-state index in [0.29, 0.717) is 0 Å². The van der Waals surface area contributed by atoms with Crippen LogP contribution in [0.3, 0.4) is 0 Å². The normalized spacial score (nSPS) is 10.8. The Morgan fingerprint density at radius 3 is 2.75 bits per heavy atom. The van der Waals surface area contributed by atoms with E-state index in [9.17, 15) is 0 Å². The van der Waals surface area contributed by atoms with Crippen molar-refractivity contribution in [2.45, 2.75) is 0 Å². The molecule has 0 radical (unpaired) electrons. The summed E-state index contributed by atoms with van der Waals surface area (Å²) in [7, 11) is 0. The van der Waals surface area contributed by atoms with E-state index in [2.05, 4.69) is 11.1 Å². The van der Waals surface area contributed by atoms with Gasteiger partial charge >= 0.3 is 0 Å². The second kappa shape index (κ2) is 3.89. The summed E-state index contributed by atoms with van der Waals surface area (Å²) in [6.45, 7) is 0. The van der Waals surface area contributed by atoms with Crippen molar-refractivity contribution in [2.24, 2.45) is 0 Å². The molecule has 0 saturated heterocycles. The molecular weight excluding hydrogens is 238 g/mol. The number of hydrogen-bond donors (Lipinski definition) is 0. The van der Waals surface area contributed by atoms with Crippen LogP contribution in [0.5, 0.6) is 0 Å². The Bertz CT molecular complexity index is 631. The van der Waals surface area contributed by atoms with E-state index >= 15 is 0 Å². The zero-order valence-corrected chi connectivity index (χ0v) is 9.92. The molecule has 78 valence electrons. The van der Waals surface area contributed by atoms with Gasteiger partial charge in [-0.1, -0.05) is 35.9 Å². The van der Waals surface area contributed by atoms with Crippen LogP contribution < -0.4 is 0 Å². The molecule has 0 atom stereocenters. The molecule has 0 aliphatic heterocycles. The molecule has 2 heterocycles. The van der Waals surface area contributed by atoms with Gasteiger partial charge in [0, 0.05) is 5.39 Å². The van der Waals surface area contributed by atoms with Gasteiger partial charge in [-0.15, -0.1) is 11.3 Å². The van der Waals surface area contributed by atoms with Gasteiger partial charge in [0.05, 0.1) is 21.1 Å². The predicted octanol–water partition coefficient (Wildman–Crippen LogP) is 4.62. The first-order valence-electron chi connectivity index (χ1n) is 4.94. The molecule has 0 bridgehead atoms. The van der Waals surface area contributed by atoms with E-state index in [-0.39, 0.29) is 0 Å². The molecule has 0 unspecified atom stereocenters. The summed E-state index contributed by atoms with van der Waals surface area (Å²) in [5.74, 6) is 0. The lowest BCUT2D eigenvalue weighted by Crippen LogP contribution is -1.84. The number of fused-ring (bicyclic) bond motifs is 1. The third kappa shape index (κ3) is 1.60. The summed E-state index contributed by atoms with van der Waals surface area (Å²) in [6.07, 6.45) is 0. The van der Waals surface area contributed by atoms with Crippen molar-refractivity contribution in [3.8, 4) is 10.6 Å². The Hall–Kier alpha value is -1.38. The predicted molar refractivity (Wildman–Crippen MR) is 70.1 cm³/mol. The van der Waals surface area contributed by atoms with Crippen LogP contribution in [0, 0.1) is 0 Å². The number of nitrogens with zero attached hydrogens (tertiary/aromatic N) is 1. The molecule has 0 spiro atoms. The van der Waals surface area contributed by atoms with Gasteiger partial charge in [0.15, 0.2) is 0 Å². The monoisotopic (exact) mass is 245 g/mol. The maximum atomic E-state index is 6.24. The molecule has 3 aromatic rings. The van der Waals surface area contributed by atoms with Crippen molar-refractivity contribution >= 4 is 33.8 Å². The summed E-state index contributed by atoms with van der Waals surface area (Å²) < 4.78 is 0. The Kier molecular flexibility index (Phi) is 2.39. The lowest BCUT2D eigenvalue weighted by atomic mass is 10.2. The van der Waals surface area contributed by atoms with E-state index < -0.39 is 0 Å². The number of hydrogen-bond acceptors (Lipinski definition) is 2. The van der Waals surface area contributed by atoms with Crippen molar-refractivity contribution in [1.82, 2.24) is 4.98 Å². The van der Waals surface area contributed by atoms with E-state index in [1.165, 1.54) is 0 Å². The first-order chi connectivity index (χ1) is 7.84. The van der Waals surface area contributed by atoms with Crippen LogP contribution in [0.4, 0.5) is 0 Å². The van der Waals surface area contributed by atoms with E-state index in [0.717, 1.165) is 26.5 Å². The maximum absolute atomic E-state index is 6.24. The third-order valence-corrected chi connectivity index (χ3v) is 3.64. The highest BCUT2D eigenvalue weighted by Gasteiger charge is 2.05. The highest BCUT2D eigenvalue weighted by molar-refractivity contribution is 7.13. The first kappa shape index (κ1) is 9.82. The summed E-state index contributed by atoms with van der Waals surface area (Å²) in [5.41, 5.74) is 1.89. The number of thiophene rings is 1. The summed E-state index contributed by atoms with van der Waals surface area (Å²) in [5, 5.41) is 3.80. The summed E-state index contributed by atoms with van der Waals surface area (Å²) in [4.78, 5) is 5.75. The SMILES string of the molecule is Clc1cc(-c2cccs2)nc2ccccc12. The second-order valence-electron chi connectivity index (χ2n) is 3.48. The van der Waals surface area contributed by atoms with Gasteiger partial charge in [0.1, 0.15) is 0 Å². The lowest BCUT2D eigenvalue weighted by molar-refractivity contribution is 1.42. The Labute approximate surface area is 102 Å². The van der Waals surface area contributed by atoms with E-state index in [1.54, 1.807) is 11.3 Å². The van der Waals surface area contributed by atoms with Crippen molar-refractivity contribution in [3.63, 3.8) is 0 Å². The number of rotatable bonds is 1. The van der Waals surface area contributed by atoms with Crippen LogP contribution in [0.2, 0.25) is 5.02 Å². The number of pyridine rings is 1. The molecule has 0 amide bonds. The highest BCUT2D eigenvalue weighted by atomic mass is 35.5. The van der Waals surface area contributed by atoms with Crippen LogP contribution in [-0.4, -0.2) is 4.98 Å². The molecule has 1 nitrogen and oxygen atoms in total. The average Bonchev–Trinajstić information content (AvgIpc) is 2.82. The Balaban J connectivity index is 2.29. The van der Waals surface area contributed by atoms with Gasteiger partial charge in [0.2, 0.25) is 0 Å². The fourth-order valence-corrected chi connectivity index (χ4v) is 2.63. The topological polar surface area (TPSA) is 12.9 Å². The zero-order valence-electron chi connectivity index (χ0n) is 8.35. The van der Waals surface area contributed by atoms with Crippen LogP contribution in [0.25, 0.3) is 21.5 Å². The van der Waals surface area contributed by atoms with Gasteiger partial charge in [-0.05, 0) is 23.6 Å². The summed E-state index contributed by atoms with van der Waals surface area (Å²) >= 11 is 7.92. The third-order valence-electron chi connectivity index (χ3n) is 2.44. The van der Waals surface area contributed by atoms with Crippen molar-refractivity contribution < 1.29 is 0 Å². The minimum absolute atomic E-state index is 0.758. The van der Waals surface area contributed by atoms with Crippen LogP contribution in [0.15, 0.2) is 47.8 Å². The standard InChI is InChI=1S/C13H8ClNS/c14-10-8-12(13-6-3-7-16-13)15-11-5-2-1-4-9(10)11/h1-8H. The van der Waals surface area contributed by atoms with Crippen molar-refractivity contribution in [2.75, 3.05) is 0 Å². The Morgan fingerprint density at radius 1 is 1.06 bits per heavy atom.